The number of nitrogens with one attached hydrogen (secondary N) is 1. The molecule has 2 rings (SSSR count). The predicted molar refractivity (Wildman–Crippen MR) is 87.6 cm³/mol. The maximum Gasteiger partial charge on any atom is 0.240 e. The van der Waals surface area contributed by atoms with Crippen molar-refractivity contribution in [3.8, 4) is 0 Å². The molecule has 1 aliphatic heterocycles. The van der Waals surface area contributed by atoms with Crippen LogP contribution in [0, 0.1) is 0 Å². The van der Waals surface area contributed by atoms with Gasteiger partial charge in [-0.05, 0) is 30.9 Å². The molecule has 1 atom stereocenters. The first-order valence-electron chi connectivity index (χ1n) is 7.57. The smallest absolute Gasteiger partial charge is 0.240 e. The molecule has 1 unspecified atom stereocenters. The van der Waals surface area contributed by atoms with Gasteiger partial charge in [0.1, 0.15) is 6.04 Å². The van der Waals surface area contributed by atoms with Crippen molar-refractivity contribution in [1.29, 1.82) is 0 Å². The first-order chi connectivity index (χ1) is 10.0. The van der Waals surface area contributed by atoms with Crippen molar-refractivity contribution in [3.63, 3.8) is 0 Å². The van der Waals surface area contributed by atoms with E-state index in [1.165, 1.54) is 0 Å². The highest BCUT2D eigenvalue weighted by molar-refractivity contribution is 6.33. The number of carbonyl (C=O) groups excluding carboxylic acids is 1. The molecule has 5 heteroatoms. The van der Waals surface area contributed by atoms with E-state index in [1.807, 2.05) is 12.1 Å². The van der Waals surface area contributed by atoms with Crippen LogP contribution >= 0.6 is 11.6 Å². The van der Waals surface area contributed by atoms with Crippen molar-refractivity contribution in [2.45, 2.75) is 51.7 Å². The molecule has 21 heavy (non-hydrogen) atoms. The quantitative estimate of drug-likeness (QED) is 0.879. The van der Waals surface area contributed by atoms with Crippen LogP contribution in [0.1, 0.15) is 38.7 Å². The fraction of sp³-hybridized carbons (Fsp3) is 0.562. The summed E-state index contributed by atoms with van der Waals surface area (Å²) < 4.78 is 0. The third-order valence-corrected chi connectivity index (χ3v) is 4.19. The molecule has 1 amide bonds. The summed E-state index contributed by atoms with van der Waals surface area (Å²) in [6.45, 7) is 5.77. The number of hydrogen-bond donors (Lipinski definition) is 2. The summed E-state index contributed by atoms with van der Waals surface area (Å²) in [6.07, 6.45) is 2.90. The second kappa shape index (κ2) is 7.14. The summed E-state index contributed by atoms with van der Waals surface area (Å²) in [6, 6.07) is 6.03. The lowest BCUT2D eigenvalue weighted by Crippen LogP contribution is -2.48. The lowest BCUT2D eigenvalue weighted by Gasteiger charge is -2.37. The molecule has 0 aromatic heterocycles. The topological polar surface area (TPSA) is 58.4 Å². The number of anilines is 1. The van der Waals surface area contributed by atoms with Gasteiger partial charge in [-0.15, -0.1) is 0 Å². The largest absolute Gasteiger partial charge is 0.368 e. The van der Waals surface area contributed by atoms with E-state index < -0.39 is 0 Å². The Kier molecular flexibility index (Phi) is 5.48. The Bertz CT molecular complexity index is 504. The number of carbonyl (C=O) groups is 1. The summed E-state index contributed by atoms with van der Waals surface area (Å²) in [5.41, 5.74) is 7.65. The van der Waals surface area contributed by atoms with E-state index >= 15 is 0 Å². The predicted octanol–water partition coefficient (Wildman–Crippen LogP) is 2.68. The summed E-state index contributed by atoms with van der Waals surface area (Å²) >= 11 is 6.43. The van der Waals surface area contributed by atoms with Crippen LogP contribution in [0.25, 0.3) is 0 Å². The molecule has 1 aromatic carbocycles. The number of nitrogens with two attached hydrogens (primary N) is 1. The third-order valence-electron chi connectivity index (χ3n) is 3.89. The summed E-state index contributed by atoms with van der Waals surface area (Å²) in [7, 11) is 0. The Morgan fingerprint density at radius 2 is 2.24 bits per heavy atom. The van der Waals surface area contributed by atoms with E-state index in [-0.39, 0.29) is 11.9 Å². The fourth-order valence-electron chi connectivity index (χ4n) is 2.83. The highest BCUT2D eigenvalue weighted by atomic mass is 35.5. The number of amides is 1. The molecule has 0 aliphatic carbocycles. The minimum absolute atomic E-state index is 0.253. The van der Waals surface area contributed by atoms with Crippen LogP contribution in [-0.4, -0.2) is 24.5 Å². The van der Waals surface area contributed by atoms with Gasteiger partial charge in [0.15, 0.2) is 0 Å². The first kappa shape index (κ1) is 16.1. The number of halogens is 1. The van der Waals surface area contributed by atoms with Crippen LogP contribution in [0.5, 0.6) is 0 Å². The van der Waals surface area contributed by atoms with E-state index in [1.54, 1.807) is 0 Å². The van der Waals surface area contributed by atoms with E-state index in [0.717, 1.165) is 43.6 Å². The van der Waals surface area contributed by atoms with Crippen molar-refractivity contribution in [2.75, 3.05) is 11.4 Å². The molecular formula is C16H24ClN3O. The van der Waals surface area contributed by atoms with Crippen LogP contribution in [0.3, 0.4) is 0 Å². The Balaban J connectivity index is 2.33. The molecule has 116 valence electrons. The second-order valence-electron chi connectivity index (χ2n) is 5.89. The average Bonchev–Trinajstić information content (AvgIpc) is 2.45. The maximum absolute atomic E-state index is 11.7. The zero-order valence-corrected chi connectivity index (χ0v) is 13.5. The van der Waals surface area contributed by atoms with E-state index in [9.17, 15) is 4.79 Å². The number of para-hydroxylation sites is 1. The molecule has 0 spiro atoms. The standard InChI is InChI=1S/C16H24ClN3O/c1-11(2)19-10-12-6-5-7-13(17)15(12)20-9-4-3-8-14(20)16(18)21/h5-7,11,14,19H,3-4,8-10H2,1-2H3,(H2,18,21). The SMILES string of the molecule is CC(C)NCc1cccc(Cl)c1N1CCCCC1C(N)=O. The van der Waals surface area contributed by atoms with Gasteiger partial charge in [0, 0.05) is 19.1 Å². The summed E-state index contributed by atoms with van der Waals surface area (Å²) in [5, 5.41) is 4.10. The van der Waals surface area contributed by atoms with Crippen LogP contribution < -0.4 is 16.0 Å². The maximum atomic E-state index is 11.7. The fourth-order valence-corrected chi connectivity index (χ4v) is 3.14. The minimum atomic E-state index is -0.266. The number of rotatable bonds is 5. The van der Waals surface area contributed by atoms with E-state index in [0.29, 0.717) is 11.1 Å². The Morgan fingerprint density at radius 3 is 2.90 bits per heavy atom. The van der Waals surface area contributed by atoms with Gasteiger partial charge in [0.05, 0.1) is 10.7 Å². The zero-order chi connectivity index (χ0) is 15.4. The van der Waals surface area contributed by atoms with Gasteiger partial charge in [-0.2, -0.15) is 0 Å². The Morgan fingerprint density at radius 1 is 1.48 bits per heavy atom. The molecule has 0 radical (unpaired) electrons. The van der Waals surface area contributed by atoms with Crippen LogP contribution in [-0.2, 0) is 11.3 Å². The number of primary amides is 1. The normalized spacial score (nSPS) is 19.0. The van der Waals surface area contributed by atoms with Crippen LogP contribution in [0.4, 0.5) is 5.69 Å². The summed E-state index contributed by atoms with van der Waals surface area (Å²) in [5.74, 6) is -0.266. The highest BCUT2D eigenvalue weighted by Gasteiger charge is 2.29. The van der Waals surface area contributed by atoms with Gasteiger partial charge in [0.2, 0.25) is 5.91 Å². The number of benzene rings is 1. The van der Waals surface area contributed by atoms with Crippen LogP contribution in [0.2, 0.25) is 5.02 Å². The Labute approximate surface area is 131 Å². The lowest BCUT2D eigenvalue weighted by atomic mass is 9.99. The molecule has 1 heterocycles. The minimum Gasteiger partial charge on any atom is -0.368 e. The monoisotopic (exact) mass is 309 g/mol. The Hall–Kier alpha value is -1.26. The van der Waals surface area contributed by atoms with Gasteiger partial charge < -0.3 is 16.0 Å². The molecule has 0 bridgehead atoms. The molecule has 3 N–H and O–H groups in total. The van der Waals surface area contributed by atoms with E-state index in [4.69, 9.17) is 17.3 Å². The van der Waals surface area contributed by atoms with Crippen molar-refractivity contribution in [1.82, 2.24) is 5.32 Å². The van der Waals surface area contributed by atoms with Crippen molar-refractivity contribution in [2.24, 2.45) is 5.73 Å². The average molecular weight is 310 g/mol. The molecule has 4 nitrogen and oxygen atoms in total. The van der Waals surface area contributed by atoms with Crippen molar-refractivity contribution in [3.05, 3.63) is 28.8 Å². The number of hydrogen-bond acceptors (Lipinski definition) is 3. The lowest BCUT2D eigenvalue weighted by molar-refractivity contribution is -0.119. The molecule has 0 saturated carbocycles. The first-order valence-corrected chi connectivity index (χ1v) is 7.95. The van der Waals surface area contributed by atoms with Crippen LogP contribution in [0.15, 0.2) is 18.2 Å². The van der Waals surface area contributed by atoms with Gasteiger partial charge >= 0.3 is 0 Å². The molecule has 1 saturated heterocycles. The van der Waals surface area contributed by atoms with Gasteiger partial charge in [0.25, 0.3) is 0 Å². The molecular weight excluding hydrogens is 286 g/mol. The third kappa shape index (κ3) is 3.89. The number of nitrogens with zero attached hydrogens (tertiary/aromatic N) is 1. The highest BCUT2D eigenvalue weighted by Crippen LogP contribution is 2.34. The molecule has 1 aromatic rings. The van der Waals surface area contributed by atoms with Gasteiger partial charge in [-0.1, -0.05) is 37.6 Å². The van der Waals surface area contributed by atoms with Gasteiger partial charge in [-0.25, -0.2) is 0 Å². The second-order valence-corrected chi connectivity index (χ2v) is 6.30. The van der Waals surface area contributed by atoms with Gasteiger partial charge in [-0.3, -0.25) is 4.79 Å². The zero-order valence-electron chi connectivity index (χ0n) is 12.7. The number of piperidine rings is 1. The molecule has 1 fully saturated rings. The van der Waals surface area contributed by atoms with Crippen molar-refractivity contribution >= 4 is 23.2 Å². The van der Waals surface area contributed by atoms with E-state index in [2.05, 4.69) is 30.1 Å². The molecule has 1 aliphatic rings. The summed E-state index contributed by atoms with van der Waals surface area (Å²) in [4.78, 5) is 13.8. The van der Waals surface area contributed by atoms with Crippen molar-refractivity contribution < 1.29 is 4.79 Å².